The molecule has 1 aliphatic rings. The highest BCUT2D eigenvalue weighted by Crippen LogP contribution is 2.18. The van der Waals surface area contributed by atoms with E-state index in [-0.39, 0.29) is 28.6 Å². The largest absolute Gasteiger partial charge is 0.379 e. The van der Waals surface area contributed by atoms with Gasteiger partial charge < -0.3 is 10.5 Å². The van der Waals surface area contributed by atoms with Crippen molar-refractivity contribution in [2.24, 2.45) is 5.10 Å². The number of morpholine rings is 1. The minimum atomic E-state index is -0.663. The molecule has 1 amide bonds. The minimum Gasteiger partial charge on any atom is -0.379 e. The van der Waals surface area contributed by atoms with Gasteiger partial charge in [-0.05, 0) is 16.4 Å². The van der Waals surface area contributed by atoms with Crippen molar-refractivity contribution < 1.29 is 19.1 Å². The van der Waals surface area contributed by atoms with E-state index in [4.69, 9.17) is 10.5 Å². The number of hydrazone groups is 1. The van der Waals surface area contributed by atoms with Crippen LogP contribution in [-0.2, 0) is 11.3 Å². The number of nitrogens with zero attached hydrogens (tertiary/aromatic N) is 8. The molecular weight excluding hydrogens is 424 g/mol. The van der Waals surface area contributed by atoms with E-state index in [0.29, 0.717) is 38.5 Å². The zero-order valence-electron chi connectivity index (χ0n) is 16.6. The fourth-order valence-electron chi connectivity index (χ4n) is 3.08. The van der Waals surface area contributed by atoms with Crippen molar-refractivity contribution >= 4 is 23.6 Å². The Morgan fingerprint density at radius 1 is 1.31 bits per heavy atom. The van der Waals surface area contributed by atoms with Gasteiger partial charge in [-0.2, -0.15) is 9.78 Å². The summed E-state index contributed by atoms with van der Waals surface area (Å²) in [6.45, 7) is 2.70. The lowest BCUT2D eigenvalue weighted by Gasteiger charge is -2.26. The molecular formula is C17H18N10O5. The highest BCUT2D eigenvalue weighted by Gasteiger charge is 2.26. The number of hydrogen-bond acceptors (Lipinski definition) is 12. The molecule has 0 bridgehead atoms. The first-order valence-electron chi connectivity index (χ1n) is 9.44. The van der Waals surface area contributed by atoms with E-state index in [0.717, 1.165) is 0 Å². The Kier molecular flexibility index (Phi) is 6.09. The van der Waals surface area contributed by atoms with Crippen molar-refractivity contribution in [1.82, 2.24) is 35.6 Å². The molecule has 32 heavy (non-hydrogen) atoms. The van der Waals surface area contributed by atoms with Crippen LogP contribution in [0.3, 0.4) is 0 Å². The maximum atomic E-state index is 12.8. The molecule has 4 rings (SSSR count). The van der Waals surface area contributed by atoms with E-state index >= 15 is 0 Å². The van der Waals surface area contributed by atoms with Crippen molar-refractivity contribution in [2.45, 2.75) is 6.54 Å². The number of amides is 1. The number of carbonyl (C=O) groups excluding carboxylic acids is 1. The summed E-state index contributed by atoms with van der Waals surface area (Å²) < 4.78 is 11.3. The van der Waals surface area contributed by atoms with E-state index in [1.165, 1.54) is 29.1 Å². The first-order chi connectivity index (χ1) is 15.5. The lowest BCUT2D eigenvalue weighted by atomic mass is 10.2. The van der Waals surface area contributed by atoms with Gasteiger partial charge in [-0.3, -0.25) is 19.8 Å². The Balaban J connectivity index is 1.58. The standard InChI is InChI=1S/C17H18N10O5/c18-15-16(23-32-22-15)26-13(10-25-5-7-31-8-6-25)14(20-24-26)17(28)21-19-9-11-3-1-2-4-12(11)27(29)30/h1-4,9H,5-8,10H2,(H2,18,22)(H,21,28). The number of hydrogen-bond donors (Lipinski definition) is 2. The molecule has 0 aliphatic carbocycles. The molecule has 1 aromatic carbocycles. The molecule has 0 saturated carbocycles. The van der Waals surface area contributed by atoms with Crippen LogP contribution in [0.15, 0.2) is 34.0 Å². The van der Waals surface area contributed by atoms with Gasteiger partial charge in [0.1, 0.15) is 0 Å². The summed E-state index contributed by atoms with van der Waals surface area (Å²) in [5.74, 6) is -0.577. The fraction of sp³-hybridized carbons (Fsp3) is 0.294. The first-order valence-corrected chi connectivity index (χ1v) is 9.44. The summed E-state index contributed by atoms with van der Waals surface area (Å²) in [5, 5.41) is 30.1. The van der Waals surface area contributed by atoms with Gasteiger partial charge in [-0.25, -0.2) is 10.1 Å². The highest BCUT2D eigenvalue weighted by atomic mass is 16.6. The van der Waals surface area contributed by atoms with Crippen molar-refractivity contribution in [1.29, 1.82) is 0 Å². The number of nitrogen functional groups attached to an aromatic ring is 1. The van der Waals surface area contributed by atoms with Crippen molar-refractivity contribution in [3.05, 3.63) is 51.3 Å². The molecule has 0 radical (unpaired) electrons. The number of ether oxygens (including phenoxy) is 1. The molecule has 3 aromatic rings. The normalized spacial score (nSPS) is 14.6. The summed E-state index contributed by atoms with van der Waals surface area (Å²) in [7, 11) is 0. The molecule has 166 valence electrons. The number of carbonyl (C=O) groups is 1. The van der Waals surface area contributed by atoms with Gasteiger partial charge >= 0.3 is 0 Å². The molecule has 1 aliphatic heterocycles. The number of nitrogens with one attached hydrogen (secondary N) is 1. The lowest BCUT2D eigenvalue weighted by molar-refractivity contribution is -0.385. The van der Waals surface area contributed by atoms with Gasteiger partial charge in [-0.1, -0.05) is 17.3 Å². The summed E-state index contributed by atoms with van der Waals surface area (Å²) in [6, 6.07) is 6.01. The molecule has 1 fully saturated rings. The molecule has 2 aromatic heterocycles. The predicted octanol–water partition coefficient (Wildman–Crippen LogP) is -0.263. The highest BCUT2D eigenvalue weighted by molar-refractivity contribution is 5.94. The quantitative estimate of drug-likeness (QED) is 0.278. The Morgan fingerprint density at radius 3 is 2.81 bits per heavy atom. The molecule has 3 N–H and O–H groups in total. The van der Waals surface area contributed by atoms with Gasteiger partial charge in [0.2, 0.25) is 11.6 Å². The molecule has 0 atom stereocenters. The molecule has 15 heteroatoms. The third-order valence-electron chi connectivity index (χ3n) is 4.65. The topological polar surface area (TPSA) is 193 Å². The SMILES string of the molecule is Nc1nonc1-n1nnc(C(=O)NN=Cc2ccccc2[N+](=O)[O-])c1CN1CCOCC1. The molecule has 3 heterocycles. The van der Waals surface area contributed by atoms with Gasteiger partial charge in [0, 0.05) is 25.7 Å². The lowest BCUT2D eigenvalue weighted by Crippen LogP contribution is -2.37. The third-order valence-corrected chi connectivity index (χ3v) is 4.65. The maximum Gasteiger partial charge on any atom is 0.293 e. The van der Waals surface area contributed by atoms with Crippen LogP contribution in [-0.4, -0.2) is 73.6 Å². The van der Waals surface area contributed by atoms with Crippen LogP contribution < -0.4 is 11.2 Å². The average molecular weight is 442 g/mol. The zero-order chi connectivity index (χ0) is 22.5. The van der Waals surface area contributed by atoms with Gasteiger partial charge in [0.25, 0.3) is 11.6 Å². The Hall–Kier alpha value is -4.24. The summed E-state index contributed by atoms with van der Waals surface area (Å²) in [5.41, 5.74) is 8.57. The Bertz CT molecular complexity index is 1150. The van der Waals surface area contributed by atoms with Crippen LogP contribution in [0.2, 0.25) is 0 Å². The molecule has 0 unspecified atom stereocenters. The summed E-state index contributed by atoms with van der Waals surface area (Å²) >= 11 is 0. The average Bonchev–Trinajstić information content (AvgIpc) is 3.40. The first kappa shape index (κ1) is 21.0. The van der Waals surface area contributed by atoms with Crippen LogP contribution in [0.25, 0.3) is 5.82 Å². The number of nitrogens with two attached hydrogens (primary N) is 1. The predicted molar refractivity (Wildman–Crippen MR) is 108 cm³/mol. The number of anilines is 1. The smallest absolute Gasteiger partial charge is 0.293 e. The van der Waals surface area contributed by atoms with E-state index < -0.39 is 10.8 Å². The summed E-state index contributed by atoms with van der Waals surface area (Å²) in [4.78, 5) is 25.4. The van der Waals surface area contributed by atoms with Crippen LogP contribution in [0.1, 0.15) is 21.7 Å². The Morgan fingerprint density at radius 2 is 2.09 bits per heavy atom. The van der Waals surface area contributed by atoms with Gasteiger partial charge in [0.15, 0.2) is 5.69 Å². The third kappa shape index (κ3) is 4.42. The van der Waals surface area contributed by atoms with Gasteiger partial charge in [-0.15, -0.1) is 5.10 Å². The van der Waals surface area contributed by atoms with Crippen molar-refractivity contribution in [3.8, 4) is 5.82 Å². The second-order valence-corrected chi connectivity index (χ2v) is 6.67. The maximum absolute atomic E-state index is 12.8. The van der Waals surface area contributed by atoms with Crippen molar-refractivity contribution in [3.63, 3.8) is 0 Å². The second kappa shape index (κ2) is 9.27. The zero-order valence-corrected chi connectivity index (χ0v) is 16.6. The van der Waals surface area contributed by atoms with E-state index in [1.807, 2.05) is 0 Å². The molecule has 15 nitrogen and oxygen atoms in total. The second-order valence-electron chi connectivity index (χ2n) is 6.67. The van der Waals surface area contributed by atoms with Crippen LogP contribution >= 0.6 is 0 Å². The van der Waals surface area contributed by atoms with E-state index in [2.05, 4.69) is 40.7 Å². The number of aromatic nitrogens is 5. The van der Waals surface area contributed by atoms with Crippen molar-refractivity contribution in [2.75, 3.05) is 32.0 Å². The van der Waals surface area contributed by atoms with Gasteiger partial charge in [0.05, 0.1) is 35.6 Å². The number of rotatable bonds is 7. The number of benzene rings is 1. The fourth-order valence-corrected chi connectivity index (χ4v) is 3.08. The number of nitro groups is 1. The van der Waals surface area contributed by atoms with E-state index in [1.54, 1.807) is 6.07 Å². The minimum absolute atomic E-state index is 0.0144. The molecule has 0 spiro atoms. The molecule has 1 saturated heterocycles. The van der Waals surface area contributed by atoms with E-state index in [9.17, 15) is 14.9 Å². The number of para-hydroxylation sites is 1. The Labute approximate surface area is 179 Å². The van der Waals surface area contributed by atoms with Crippen LogP contribution in [0, 0.1) is 10.1 Å². The van der Waals surface area contributed by atoms with Crippen LogP contribution in [0.4, 0.5) is 11.5 Å². The summed E-state index contributed by atoms with van der Waals surface area (Å²) in [6.07, 6.45) is 1.18. The monoisotopic (exact) mass is 442 g/mol. The van der Waals surface area contributed by atoms with Crippen LogP contribution in [0.5, 0.6) is 0 Å². The number of nitro benzene ring substituents is 1.